The minimum absolute atomic E-state index is 0.285. The fourth-order valence-corrected chi connectivity index (χ4v) is 2.20. The standard InChI is InChI=1S/C19H20ClNO2/c20-14-18-11-6-10-16(13-18)7-4-5-12-21-19(22)23-15-17-8-2-1-3-9-17/h1-4,6-11,13H,5,12,14-15H2,(H,21,22). The van der Waals surface area contributed by atoms with Gasteiger partial charge in [0, 0.05) is 12.4 Å². The molecule has 1 N–H and O–H groups in total. The van der Waals surface area contributed by atoms with E-state index in [9.17, 15) is 4.79 Å². The van der Waals surface area contributed by atoms with E-state index < -0.39 is 6.09 Å². The summed E-state index contributed by atoms with van der Waals surface area (Å²) in [5, 5.41) is 2.73. The van der Waals surface area contributed by atoms with Crippen molar-refractivity contribution >= 4 is 23.8 Å². The fraction of sp³-hybridized carbons (Fsp3) is 0.211. The largest absolute Gasteiger partial charge is 0.445 e. The molecule has 0 aromatic heterocycles. The Balaban J connectivity index is 1.64. The average molecular weight is 330 g/mol. The maximum atomic E-state index is 11.6. The molecule has 1 amide bonds. The molecule has 0 fully saturated rings. The van der Waals surface area contributed by atoms with Gasteiger partial charge in [-0.3, -0.25) is 0 Å². The molecule has 0 aliphatic heterocycles. The van der Waals surface area contributed by atoms with Gasteiger partial charge in [0.15, 0.2) is 0 Å². The summed E-state index contributed by atoms with van der Waals surface area (Å²) >= 11 is 5.81. The molecule has 3 nitrogen and oxygen atoms in total. The van der Waals surface area contributed by atoms with Gasteiger partial charge in [0.25, 0.3) is 0 Å². The van der Waals surface area contributed by atoms with Crippen LogP contribution in [-0.4, -0.2) is 12.6 Å². The first-order valence-corrected chi connectivity index (χ1v) is 8.07. The first-order valence-electron chi connectivity index (χ1n) is 7.54. The van der Waals surface area contributed by atoms with E-state index in [1.165, 1.54) is 0 Å². The van der Waals surface area contributed by atoms with Gasteiger partial charge in [0.2, 0.25) is 0 Å². The first kappa shape index (κ1) is 17.1. The normalized spacial score (nSPS) is 10.7. The van der Waals surface area contributed by atoms with Crippen molar-refractivity contribution in [3.8, 4) is 0 Å². The highest BCUT2D eigenvalue weighted by atomic mass is 35.5. The molecule has 2 aromatic carbocycles. The lowest BCUT2D eigenvalue weighted by molar-refractivity contribution is 0.140. The Morgan fingerprint density at radius 3 is 2.65 bits per heavy atom. The number of amides is 1. The summed E-state index contributed by atoms with van der Waals surface area (Å²) in [6, 6.07) is 17.7. The molecule has 0 aliphatic rings. The molecule has 120 valence electrons. The summed E-state index contributed by atoms with van der Waals surface area (Å²) in [6.45, 7) is 0.826. The van der Waals surface area contributed by atoms with Gasteiger partial charge in [-0.2, -0.15) is 0 Å². The maximum absolute atomic E-state index is 11.6. The number of ether oxygens (including phenoxy) is 1. The molecule has 0 bridgehead atoms. The quantitative estimate of drug-likeness (QED) is 0.587. The number of alkyl carbamates (subject to hydrolysis) is 1. The molecule has 23 heavy (non-hydrogen) atoms. The van der Waals surface area contributed by atoms with E-state index in [2.05, 4.69) is 5.32 Å². The van der Waals surface area contributed by atoms with Crippen molar-refractivity contribution in [3.05, 3.63) is 77.4 Å². The third-order valence-corrected chi connectivity index (χ3v) is 3.52. The van der Waals surface area contributed by atoms with E-state index >= 15 is 0 Å². The Morgan fingerprint density at radius 2 is 1.87 bits per heavy atom. The lowest BCUT2D eigenvalue weighted by Crippen LogP contribution is -2.24. The highest BCUT2D eigenvalue weighted by Gasteiger charge is 2.00. The number of nitrogens with one attached hydrogen (secondary N) is 1. The van der Waals surface area contributed by atoms with Gasteiger partial charge in [-0.25, -0.2) is 4.79 Å². The van der Waals surface area contributed by atoms with Crippen LogP contribution in [0.1, 0.15) is 23.1 Å². The zero-order valence-corrected chi connectivity index (χ0v) is 13.6. The second-order valence-electron chi connectivity index (χ2n) is 5.06. The Hall–Kier alpha value is -2.26. The van der Waals surface area contributed by atoms with E-state index in [-0.39, 0.29) is 6.61 Å². The van der Waals surface area contributed by atoms with Crippen LogP contribution in [0.3, 0.4) is 0 Å². The number of benzene rings is 2. The number of carbonyl (C=O) groups excluding carboxylic acids is 1. The van der Waals surface area contributed by atoms with Crippen molar-refractivity contribution in [2.75, 3.05) is 6.54 Å². The minimum atomic E-state index is -0.397. The van der Waals surface area contributed by atoms with Gasteiger partial charge >= 0.3 is 6.09 Å². The molecule has 0 heterocycles. The lowest BCUT2D eigenvalue weighted by atomic mass is 10.1. The number of carbonyl (C=O) groups is 1. The summed E-state index contributed by atoms with van der Waals surface area (Å²) in [5.41, 5.74) is 3.17. The topological polar surface area (TPSA) is 38.3 Å². The zero-order valence-electron chi connectivity index (χ0n) is 12.9. The summed E-state index contributed by atoms with van der Waals surface area (Å²) in [4.78, 5) is 11.6. The second kappa shape index (κ2) is 9.70. The van der Waals surface area contributed by atoms with Crippen LogP contribution in [0.4, 0.5) is 4.79 Å². The summed E-state index contributed by atoms with van der Waals surface area (Å²) in [7, 11) is 0. The van der Waals surface area contributed by atoms with Crippen molar-refractivity contribution < 1.29 is 9.53 Å². The summed E-state index contributed by atoms with van der Waals surface area (Å²) in [6.07, 6.45) is 4.38. The van der Waals surface area contributed by atoms with Gasteiger partial charge in [-0.1, -0.05) is 66.7 Å². The van der Waals surface area contributed by atoms with E-state index in [0.29, 0.717) is 12.4 Å². The first-order chi connectivity index (χ1) is 11.3. The molecular formula is C19H20ClNO2. The van der Waals surface area contributed by atoms with Gasteiger partial charge in [-0.15, -0.1) is 11.6 Å². The summed E-state index contributed by atoms with van der Waals surface area (Å²) in [5.74, 6) is 0.510. The molecular weight excluding hydrogens is 310 g/mol. The highest BCUT2D eigenvalue weighted by molar-refractivity contribution is 6.17. The van der Waals surface area contributed by atoms with Gasteiger partial charge in [-0.05, 0) is 23.1 Å². The number of hydrogen-bond acceptors (Lipinski definition) is 2. The van der Waals surface area contributed by atoms with Crippen molar-refractivity contribution in [1.82, 2.24) is 5.32 Å². The molecule has 0 radical (unpaired) electrons. The predicted molar refractivity (Wildman–Crippen MR) is 94.3 cm³/mol. The third-order valence-electron chi connectivity index (χ3n) is 3.21. The molecule has 4 heteroatoms. The van der Waals surface area contributed by atoms with E-state index in [1.807, 2.05) is 66.7 Å². The lowest BCUT2D eigenvalue weighted by Gasteiger charge is -2.05. The maximum Gasteiger partial charge on any atom is 0.407 e. The van der Waals surface area contributed by atoms with Crippen molar-refractivity contribution in [2.45, 2.75) is 18.9 Å². The van der Waals surface area contributed by atoms with Crippen LogP contribution in [0.2, 0.25) is 0 Å². The molecule has 0 spiro atoms. The minimum Gasteiger partial charge on any atom is -0.445 e. The number of halogens is 1. The van der Waals surface area contributed by atoms with Crippen LogP contribution in [0, 0.1) is 0 Å². The monoisotopic (exact) mass is 329 g/mol. The molecule has 0 saturated heterocycles. The van der Waals surface area contributed by atoms with Crippen LogP contribution >= 0.6 is 11.6 Å². The SMILES string of the molecule is O=C(NCCC=Cc1cccc(CCl)c1)OCc1ccccc1. The highest BCUT2D eigenvalue weighted by Crippen LogP contribution is 2.09. The molecule has 2 aromatic rings. The van der Waals surface area contributed by atoms with Crippen LogP contribution in [0.15, 0.2) is 60.7 Å². The molecule has 0 atom stereocenters. The second-order valence-corrected chi connectivity index (χ2v) is 5.33. The van der Waals surface area contributed by atoms with Crippen LogP contribution in [0.25, 0.3) is 6.08 Å². The number of rotatable bonds is 7. The van der Waals surface area contributed by atoms with E-state index in [1.54, 1.807) is 0 Å². The molecule has 0 unspecified atom stereocenters. The average Bonchev–Trinajstić information content (AvgIpc) is 2.61. The fourth-order valence-electron chi connectivity index (χ4n) is 2.03. The smallest absolute Gasteiger partial charge is 0.407 e. The van der Waals surface area contributed by atoms with Crippen molar-refractivity contribution in [3.63, 3.8) is 0 Å². The molecule has 0 aliphatic carbocycles. The number of alkyl halides is 1. The van der Waals surface area contributed by atoms with Crippen LogP contribution in [0.5, 0.6) is 0 Å². The third kappa shape index (κ3) is 6.57. The van der Waals surface area contributed by atoms with Crippen molar-refractivity contribution in [2.24, 2.45) is 0 Å². The number of hydrogen-bond donors (Lipinski definition) is 1. The Labute approximate surface area is 141 Å². The predicted octanol–water partition coefficient (Wildman–Crippen LogP) is 4.76. The Morgan fingerprint density at radius 1 is 1.09 bits per heavy atom. The molecule has 0 saturated carbocycles. The van der Waals surface area contributed by atoms with Gasteiger partial charge < -0.3 is 10.1 Å². The van der Waals surface area contributed by atoms with E-state index in [0.717, 1.165) is 23.1 Å². The molecule has 2 rings (SSSR count). The van der Waals surface area contributed by atoms with Gasteiger partial charge in [0.05, 0.1) is 0 Å². The van der Waals surface area contributed by atoms with Crippen molar-refractivity contribution in [1.29, 1.82) is 0 Å². The Bertz CT molecular complexity index is 641. The Kier molecular flexibility index (Phi) is 7.21. The van der Waals surface area contributed by atoms with Crippen LogP contribution < -0.4 is 5.32 Å². The van der Waals surface area contributed by atoms with Gasteiger partial charge in [0.1, 0.15) is 6.61 Å². The van der Waals surface area contributed by atoms with E-state index in [4.69, 9.17) is 16.3 Å². The van der Waals surface area contributed by atoms with Crippen LogP contribution in [-0.2, 0) is 17.2 Å². The zero-order chi connectivity index (χ0) is 16.3. The summed E-state index contributed by atoms with van der Waals surface area (Å²) < 4.78 is 5.13.